The SMILES string of the molecule is COc1ccccc1[C@@H]1CN(C(=O)c2ccc(F)cc2)C[C@@H]1C(=O)NCc1ccccc1. The van der Waals surface area contributed by atoms with Gasteiger partial charge in [0.2, 0.25) is 5.91 Å². The lowest BCUT2D eigenvalue weighted by molar-refractivity contribution is -0.125. The Bertz CT molecular complexity index is 1090. The molecule has 0 unspecified atom stereocenters. The minimum absolute atomic E-state index is 0.112. The smallest absolute Gasteiger partial charge is 0.253 e. The molecule has 1 heterocycles. The van der Waals surface area contributed by atoms with Gasteiger partial charge in [-0.05, 0) is 41.5 Å². The molecule has 3 aromatic rings. The molecule has 164 valence electrons. The molecule has 0 spiro atoms. The van der Waals surface area contributed by atoms with E-state index in [4.69, 9.17) is 4.74 Å². The van der Waals surface area contributed by atoms with Gasteiger partial charge in [-0.25, -0.2) is 4.39 Å². The molecule has 0 radical (unpaired) electrons. The predicted molar refractivity (Wildman–Crippen MR) is 120 cm³/mol. The highest BCUT2D eigenvalue weighted by molar-refractivity contribution is 5.95. The minimum atomic E-state index is -0.431. The number of ether oxygens (including phenoxy) is 1. The van der Waals surface area contributed by atoms with E-state index >= 15 is 0 Å². The van der Waals surface area contributed by atoms with E-state index in [0.29, 0.717) is 24.4 Å². The van der Waals surface area contributed by atoms with Crippen LogP contribution in [0.15, 0.2) is 78.9 Å². The first kappa shape index (κ1) is 21.6. The fourth-order valence-corrected chi connectivity index (χ4v) is 4.21. The van der Waals surface area contributed by atoms with Crippen LogP contribution in [0.4, 0.5) is 4.39 Å². The van der Waals surface area contributed by atoms with Gasteiger partial charge in [0.15, 0.2) is 0 Å². The summed E-state index contributed by atoms with van der Waals surface area (Å²) in [6.07, 6.45) is 0. The Morgan fingerprint density at radius 3 is 2.38 bits per heavy atom. The Morgan fingerprint density at radius 2 is 1.66 bits per heavy atom. The number of carbonyl (C=O) groups is 2. The fraction of sp³-hybridized carbons (Fsp3) is 0.231. The van der Waals surface area contributed by atoms with E-state index in [1.165, 1.54) is 24.3 Å². The van der Waals surface area contributed by atoms with Gasteiger partial charge in [0.25, 0.3) is 5.91 Å². The second-order valence-electron chi connectivity index (χ2n) is 7.88. The van der Waals surface area contributed by atoms with Gasteiger partial charge in [-0.15, -0.1) is 0 Å². The fourth-order valence-electron chi connectivity index (χ4n) is 4.21. The van der Waals surface area contributed by atoms with Gasteiger partial charge in [-0.3, -0.25) is 9.59 Å². The van der Waals surface area contributed by atoms with Crippen LogP contribution in [0.3, 0.4) is 0 Å². The molecular formula is C26H25FN2O3. The summed E-state index contributed by atoms with van der Waals surface area (Å²) in [4.78, 5) is 28.0. The number of likely N-dealkylation sites (tertiary alicyclic amines) is 1. The largest absolute Gasteiger partial charge is 0.496 e. The van der Waals surface area contributed by atoms with Crippen LogP contribution in [0.25, 0.3) is 0 Å². The van der Waals surface area contributed by atoms with Gasteiger partial charge in [0.1, 0.15) is 11.6 Å². The summed E-state index contributed by atoms with van der Waals surface area (Å²) in [5.74, 6) is -0.685. The summed E-state index contributed by atoms with van der Waals surface area (Å²) in [6, 6.07) is 22.8. The molecule has 2 amide bonds. The van der Waals surface area contributed by atoms with Crippen molar-refractivity contribution in [1.82, 2.24) is 10.2 Å². The third-order valence-corrected chi connectivity index (χ3v) is 5.88. The molecular weight excluding hydrogens is 407 g/mol. The predicted octanol–water partition coefficient (Wildman–Crippen LogP) is 4.01. The Balaban J connectivity index is 1.58. The second kappa shape index (κ2) is 9.64. The quantitative estimate of drug-likeness (QED) is 0.640. The number of hydrogen-bond acceptors (Lipinski definition) is 3. The van der Waals surface area contributed by atoms with E-state index in [1.807, 2.05) is 54.6 Å². The number of benzene rings is 3. The molecule has 6 heteroatoms. The maximum atomic E-state index is 13.3. The van der Waals surface area contributed by atoms with Crippen molar-refractivity contribution >= 4 is 11.8 Å². The number of para-hydroxylation sites is 1. The van der Waals surface area contributed by atoms with E-state index in [-0.39, 0.29) is 24.3 Å². The van der Waals surface area contributed by atoms with E-state index < -0.39 is 11.7 Å². The zero-order valence-corrected chi connectivity index (χ0v) is 17.8. The zero-order chi connectivity index (χ0) is 22.5. The molecule has 1 N–H and O–H groups in total. The molecule has 1 aliphatic rings. The number of hydrogen-bond donors (Lipinski definition) is 1. The summed E-state index contributed by atoms with van der Waals surface area (Å²) < 4.78 is 18.8. The van der Waals surface area contributed by atoms with Crippen LogP contribution in [-0.4, -0.2) is 36.9 Å². The highest BCUT2D eigenvalue weighted by Crippen LogP contribution is 2.38. The molecule has 1 saturated heterocycles. The van der Waals surface area contributed by atoms with Gasteiger partial charge < -0.3 is 15.0 Å². The van der Waals surface area contributed by atoms with Gasteiger partial charge in [-0.2, -0.15) is 0 Å². The van der Waals surface area contributed by atoms with Crippen LogP contribution in [0, 0.1) is 11.7 Å². The van der Waals surface area contributed by atoms with Gasteiger partial charge in [-0.1, -0.05) is 48.5 Å². The first-order chi connectivity index (χ1) is 15.6. The van der Waals surface area contributed by atoms with E-state index in [2.05, 4.69) is 5.32 Å². The molecule has 0 aromatic heterocycles. The van der Waals surface area contributed by atoms with Gasteiger partial charge in [0, 0.05) is 31.1 Å². The Morgan fingerprint density at radius 1 is 0.969 bits per heavy atom. The van der Waals surface area contributed by atoms with Crippen LogP contribution in [-0.2, 0) is 11.3 Å². The maximum Gasteiger partial charge on any atom is 0.253 e. The number of rotatable bonds is 6. The third kappa shape index (κ3) is 4.64. The van der Waals surface area contributed by atoms with Crippen molar-refractivity contribution in [2.75, 3.05) is 20.2 Å². The summed E-state index contributed by atoms with van der Waals surface area (Å²) in [6.45, 7) is 1.07. The number of carbonyl (C=O) groups excluding carboxylic acids is 2. The highest BCUT2D eigenvalue weighted by Gasteiger charge is 2.41. The first-order valence-electron chi connectivity index (χ1n) is 10.6. The molecule has 0 aliphatic carbocycles. The van der Waals surface area contributed by atoms with Crippen molar-refractivity contribution in [2.24, 2.45) is 5.92 Å². The number of nitrogens with one attached hydrogen (secondary N) is 1. The summed E-state index contributed by atoms with van der Waals surface area (Å²) in [5.41, 5.74) is 2.30. The van der Waals surface area contributed by atoms with Crippen molar-refractivity contribution in [2.45, 2.75) is 12.5 Å². The lowest BCUT2D eigenvalue weighted by atomic mass is 9.87. The highest BCUT2D eigenvalue weighted by atomic mass is 19.1. The van der Waals surface area contributed by atoms with Crippen LogP contribution in [0.1, 0.15) is 27.4 Å². The molecule has 2 atom stereocenters. The van der Waals surface area contributed by atoms with Crippen molar-refractivity contribution in [1.29, 1.82) is 0 Å². The van der Waals surface area contributed by atoms with Crippen molar-refractivity contribution in [3.63, 3.8) is 0 Å². The van der Waals surface area contributed by atoms with Gasteiger partial charge >= 0.3 is 0 Å². The summed E-state index contributed by atoms with van der Waals surface area (Å²) >= 11 is 0. The summed E-state index contributed by atoms with van der Waals surface area (Å²) in [7, 11) is 1.60. The summed E-state index contributed by atoms with van der Waals surface area (Å²) in [5, 5.41) is 3.02. The molecule has 0 bridgehead atoms. The normalized spacial score (nSPS) is 17.8. The van der Waals surface area contributed by atoms with E-state index in [1.54, 1.807) is 12.0 Å². The van der Waals surface area contributed by atoms with Crippen LogP contribution in [0.5, 0.6) is 5.75 Å². The zero-order valence-electron chi connectivity index (χ0n) is 17.8. The lowest BCUT2D eigenvalue weighted by Gasteiger charge is -2.20. The van der Waals surface area contributed by atoms with Gasteiger partial charge in [0.05, 0.1) is 13.0 Å². The molecule has 1 aliphatic heterocycles. The number of methoxy groups -OCH3 is 1. The molecule has 5 nitrogen and oxygen atoms in total. The third-order valence-electron chi connectivity index (χ3n) is 5.88. The number of amides is 2. The van der Waals surface area contributed by atoms with Crippen molar-refractivity contribution < 1.29 is 18.7 Å². The maximum absolute atomic E-state index is 13.3. The topological polar surface area (TPSA) is 58.6 Å². The average molecular weight is 432 g/mol. The Labute approximate surface area is 186 Å². The molecule has 0 saturated carbocycles. The molecule has 1 fully saturated rings. The molecule has 3 aromatic carbocycles. The average Bonchev–Trinajstić information content (AvgIpc) is 3.28. The second-order valence-corrected chi connectivity index (χ2v) is 7.88. The van der Waals surface area contributed by atoms with Crippen LogP contribution >= 0.6 is 0 Å². The minimum Gasteiger partial charge on any atom is -0.496 e. The standard InChI is InChI=1S/C26H25FN2O3/c1-32-24-10-6-5-9-21(24)22-16-29(26(31)19-11-13-20(27)14-12-19)17-23(22)25(30)28-15-18-7-3-2-4-8-18/h2-14,22-23H,15-17H2,1H3,(H,28,30)/t22-,23-/m0/s1. The number of nitrogens with zero attached hydrogens (tertiary/aromatic N) is 1. The first-order valence-corrected chi connectivity index (χ1v) is 10.6. The van der Waals surface area contributed by atoms with Crippen LogP contribution in [0.2, 0.25) is 0 Å². The molecule has 32 heavy (non-hydrogen) atoms. The Hall–Kier alpha value is -3.67. The lowest BCUT2D eigenvalue weighted by Crippen LogP contribution is -2.35. The van der Waals surface area contributed by atoms with Crippen LogP contribution < -0.4 is 10.1 Å². The molecule has 4 rings (SSSR count). The monoisotopic (exact) mass is 432 g/mol. The van der Waals surface area contributed by atoms with E-state index in [0.717, 1.165) is 11.1 Å². The van der Waals surface area contributed by atoms with Crippen molar-refractivity contribution in [3.8, 4) is 5.75 Å². The number of halogens is 1. The van der Waals surface area contributed by atoms with Crippen molar-refractivity contribution in [3.05, 3.63) is 101 Å². The Kier molecular flexibility index (Phi) is 6.50. The van der Waals surface area contributed by atoms with E-state index in [9.17, 15) is 14.0 Å².